The van der Waals surface area contributed by atoms with Gasteiger partial charge in [0.1, 0.15) is 0 Å². The SMILES string of the molecule is CCCCCCCCCCCC[N+](CCCCCCCCCCCC)(CCCCCCCCCCCC[N+](CCCCCCCCCCCC)(CCCCCCCCCCCC)CCc1ccccc1)CCc1ccccc1. The minimum Gasteiger partial charge on any atom is -0.323 e. The van der Waals surface area contributed by atoms with Gasteiger partial charge in [-0.05, 0) is 88.2 Å². The molecule has 0 aliphatic heterocycles. The lowest BCUT2D eigenvalue weighted by molar-refractivity contribution is -0.928. The van der Waals surface area contributed by atoms with Gasteiger partial charge in [0.15, 0.2) is 0 Å². The Labute approximate surface area is 492 Å². The minimum absolute atomic E-state index is 1.25. The summed E-state index contributed by atoms with van der Waals surface area (Å²) in [5.74, 6) is 0. The third-order valence-electron chi connectivity index (χ3n) is 18.9. The van der Waals surface area contributed by atoms with Crippen molar-refractivity contribution in [3.8, 4) is 0 Å². The number of rotatable bonds is 63. The molecule has 0 bridgehead atoms. The van der Waals surface area contributed by atoms with Crippen molar-refractivity contribution >= 4 is 0 Å². The van der Waals surface area contributed by atoms with E-state index in [0.717, 1.165) is 0 Å². The molecule has 2 aromatic carbocycles. The Morgan fingerprint density at radius 3 is 0.500 bits per heavy atom. The standard InChI is InChI=1S/C76H142N2/c1-5-9-13-17-21-25-31-37-43-55-67-77(73-65-75-61-51-49-52-62-75,68-56-44-38-32-26-22-18-14-10-6-2)71-59-47-41-35-29-30-36-42-48-60-72-78(74-66-76-63-53-50-54-64-76,69-57-45-39-33-27-23-19-15-11-7-3)70-58-46-40-34-28-24-20-16-12-8-4/h49-54,61-64H,5-48,55-60,65-74H2,1-4H3/q+2. The fraction of sp³-hybridized carbons (Fsp3) is 0.842. The molecule has 0 atom stereocenters. The zero-order valence-corrected chi connectivity index (χ0v) is 54.1. The molecule has 0 radical (unpaired) electrons. The molecule has 454 valence electrons. The Balaban J connectivity index is 1.90. The number of quaternary nitrogens is 2. The van der Waals surface area contributed by atoms with Crippen LogP contribution in [0.15, 0.2) is 60.7 Å². The van der Waals surface area contributed by atoms with Crippen LogP contribution in [0.3, 0.4) is 0 Å². The van der Waals surface area contributed by atoms with Crippen molar-refractivity contribution in [3.63, 3.8) is 0 Å². The molecule has 2 heteroatoms. The predicted octanol–water partition coefficient (Wildman–Crippen LogP) is 24.7. The Morgan fingerprint density at radius 2 is 0.333 bits per heavy atom. The van der Waals surface area contributed by atoms with E-state index < -0.39 is 0 Å². The van der Waals surface area contributed by atoms with Gasteiger partial charge < -0.3 is 8.97 Å². The lowest BCUT2D eigenvalue weighted by atomic mass is 10.0. The summed E-state index contributed by atoms with van der Waals surface area (Å²) in [7, 11) is 0. The van der Waals surface area contributed by atoms with Gasteiger partial charge >= 0.3 is 0 Å². The Kier molecular flexibility index (Phi) is 51.9. The molecular formula is C76H142N2+2. The zero-order valence-electron chi connectivity index (χ0n) is 54.1. The van der Waals surface area contributed by atoms with Crippen LogP contribution in [0.5, 0.6) is 0 Å². The maximum absolute atomic E-state index is 2.40. The lowest BCUT2D eigenvalue weighted by Crippen LogP contribution is -2.51. The topological polar surface area (TPSA) is 0 Å². The van der Waals surface area contributed by atoms with Crippen LogP contribution < -0.4 is 0 Å². The second-order valence-electron chi connectivity index (χ2n) is 26.2. The quantitative estimate of drug-likeness (QED) is 0.0457. The van der Waals surface area contributed by atoms with Gasteiger partial charge in [0, 0.05) is 12.8 Å². The minimum atomic E-state index is 1.25. The van der Waals surface area contributed by atoms with E-state index in [1.165, 1.54) is 395 Å². The van der Waals surface area contributed by atoms with Crippen LogP contribution in [0.25, 0.3) is 0 Å². The van der Waals surface area contributed by atoms with Gasteiger partial charge in [-0.15, -0.1) is 0 Å². The summed E-state index contributed by atoms with van der Waals surface area (Å²) < 4.78 is 2.79. The highest BCUT2D eigenvalue weighted by molar-refractivity contribution is 5.15. The first kappa shape index (κ1) is 72.5. The van der Waals surface area contributed by atoms with E-state index in [-0.39, 0.29) is 0 Å². The van der Waals surface area contributed by atoms with E-state index >= 15 is 0 Å². The van der Waals surface area contributed by atoms with E-state index in [0.29, 0.717) is 0 Å². The highest BCUT2D eigenvalue weighted by Crippen LogP contribution is 2.24. The van der Waals surface area contributed by atoms with E-state index in [1.807, 2.05) is 0 Å². The van der Waals surface area contributed by atoms with Gasteiger partial charge in [-0.2, -0.15) is 0 Å². The molecule has 0 aliphatic rings. The second-order valence-corrected chi connectivity index (χ2v) is 26.2. The molecule has 0 aromatic heterocycles. The van der Waals surface area contributed by atoms with Crippen molar-refractivity contribution in [3.05, 3.63) is 71.8 Å². The average Bonchev–Trinajstić information content (AvgIpc) is 3.47. The largest absolute Gasteiger partial charge is 0.323 e. The summed E-state index contributed by atoms with van der Waals surface area (Å²) in [6.45, 7) is 20.6. The zero-order chi connectivity index (χ0) is 55.7. The highest BCUT2D eigenvalue weighted by Gasteiger charge is 2.28. The molecule has 0 unspecified atom stereocenters. The van der Waals surface area contributed by atoms with Crippen LogP contribution in [0.4, 0.5) is 0 Å². The molecular weight excluding hydrogens is 941 g/mol. The predicted molar refractivity (Wildman–Crippen MR) is 353 cm³/mol. The summed E-state index contributed by atoms with van der Waals surface area (Å²) >= 11 is 0. The molecule has 0 amide bonds. The molecule has 0 heterocycles. The Morgan fingerprint density at radius 1 is 0.179 bits per heavy atom. The number of hydrogen-bond donors (Lipinski definition) is 0. The van der Waals surface area contributed by atoms with Gasteiger partial charge in [-0.1, -0.05) is 332 Å². The van der Waals surface area contributed by atoms with Gasteiger partial charge in [0.2, 0.25) is 0 Å². The van der Waals surface area contributed by atoms with Gasteiger partial charge in [0.25, 0.3) is 0 Å². The Bertz CT molecular complexity index is 1280. The Hall–Kier alpha value is -1.64. The molecule has 2 nitrogen and oxygen atoms in total. The highest BCUT2D eigenvalue weighted by atomic mass is 15.4. The van der Waals surface area contributed by atoms with Crippen LogP contribution in [0, 0.1) is 0 Å². The molecule has 0 spiro atoms. The van der Waals surface area contributed by atoms with Gasteiger partial charge in [-0.25, -0.2) is 0 Å². The van der Waals surface area contributed by atoms with Crippen LogP contribution >= 0.6 is 0 Å². The monoisotopic (exact) mass is 1080 g/mol. The number of unbranched alkanes of at least 4 members (excludes halogenated alkanes) is 45. The summed E-state index contributed by atoms with van der Waals surface area (Å²) in [6, 6.07) is 23.1. The van der Waals surface area contributed by atoms with Crippen molar-refractivity contribution in [2.75, 3.05) is 52.4 Å². The van der Waals surface area contributed by atoms with Crippen molar-refractivity contribution in [1.82, 2.24) is 0 Å². The smallest absolute Gasteiger partial charge is 0.0827 e. The molecule has 0 aliphatic carbocycles. The first-order chi connectivity index (χ1) is 38.6. The molecule has 0 saturated heterocycles. The third kappa shape index (κ3) is 44.0. The first-order valence-electron chi connectivity index (χ1n) is 36.4. The summed E-state index contributed by atoms with van der Waals surface area (Å²) in [4.78, 5) is 0. The van der Waals surface area contributed by atoms with Crippen molar-refractivity contribution < 1.29 is 8.97 Å². The number of benzene rings is 2. The molecule has 2 aromatic rings. The fourth-order valence-electron chi connectivity index (χ4n) is 13.4. The molecule has 78 heavy (non-hydrogen) atoms. The van der Waals surface area contributed by atoms with E-state index in [4.69, 9.17) is 0 Å². The van der Waals surface area contributed by atoms with Crippen LogP contribution in [-0.2, 0) is 12.8 Å². The molecule has 0 N–H and O–H groups in total. The normalized spacial score (nSPS) is 12.1. The second kappa shape index (κ2) is 55.9. The summed E-state index contributed by atoms with van der Waals surface area (Å²) in [6.07, 6.45) is 74.7. The van der Waals surface area contributed by atoms with E-state index in [2.05, 4.69) is 88.4 Å². The summed E-state index contributed by atoms with van der Waals surface area (Å²) in [5, 5.41) is 0. The van der Waals surface area contributed by atoms with Crippen molar-refractivity contribution in [2.45, 2.75) is 362 Å². The van der Waals surface area contributed by atoms with Crippen molar-refractivity contribution in [1.29, 1.82) is 0 Å². The third-order valence-corrected chi connectivity index (χ3v) is 18.9. The van der Waals surface area contributed by atoms with Crippen LogP contribution in [0.1, 0.15) is 360 Å². The summed E-state index contributed by atoms with van der Waals surface area (Å²) in [5.41, 5.74) is 3.11. The number of hydrogen-bond acceptors (Lipinski definition) is 0. The maximum Gasteiger partial charge on any atom is 0.0827 e. The maximum atomic E-state index is 2.40. The van der Waals surface area contributed by atoms with Crippen LogP contribution in [0.2, 0.25) is 0 Å². The molecule has 0 saturated carbocycles. The van der Waals surface area contributed by atoms with Gasteiger partial charge in [-0.3, -0.25) is 0 Å². The first-order valence-corrected chi connectivity index (χ1v) is 36.4. The van der Waals surface area contributed by atoms with Crippen LogP contribution in [-0.4, -0.2) is 61.3 Å². The molecule has 2 rings (SSSR count). The van der Waals surface area contributed by atoms with E-state index in [1.54, 1.807) is 11.1 Å². The fourth-order valence-corrected chi connectivity index (χ4v) is 13.4. The lowest BCUT2D eigenvalue weighted by Gasteiger charge is -2.40. The average molecular weight is 1080 g/mol. The van der Waals surface area contributed by atoms with E-state index in [9.17, 15) is 0 Å². The molecule has 0 fully saturated rings. The number of nitrogens with zero attached hydrogens (tertiary/aromatic N) is 2. The van der Waals surface area contributed by atoms with Crippen molar-refractivity contribution in [2.24, 2.45) is 0 Å². The van der Waals surface area contributed by atoms with Gasteiger partial charge in [0.05, 0.1) is 52.4 Å².